The lowest BCUT2D eigenvalue weighted by molar-refractivity contribution is -0.142. The van der Waals surface area contributed by atoms with Gasteiger partial charge in [0.2, 0.25) is 10.0 Å². The highest BCUT2D eigenvalue weighted by Crippen LogP contribution is 2.51. The molecule has 4 atom stereocenters. The lowest BCUT2D eigenvalue weighted by atomic mass is 9.94. The van der Waals surface area contributed by atoms with E-state index >= 15 is 0 Å². The minimum atomic E-state index is -3.83. The van der Waals surface area contributed by atoms with Gasteiger partial charge >= 0.3 is 5.97 Å². The summed E-state index contributed by atoms with van der Waals surface area (Å²) in [4.78, 5) is 11.5. The van der Waals surface area contributed by atoms with E-state index in [1.165, 1.54) is 19.2 Å². The normalized spacial score (nSPS) is 24.6. The summed E-state index contributed by atoms with van der Waals surface area (Å²) in [6.45, 7) is 1.61. The number of methoxy groups -OCH3 is 1. The lowest BCUT2D eigenvalue weighted by Crippen LogP contribution is -2.43. The maximum atomic E-state index is 12.9. The molecular formula is C21H23NO7S. The first kappa shape index (κ1) is 20.6. The number of aliphatic hydroxyl groups excluding tert-OH is 1. The highest BCUT2D eigenvalue weighted by atomic mass is 32.2. The molecule has 9 heteroatoms. The molecule has 2 aliphatic rings. The maximum absolute atomic E-state index is 12.9. The third-order valence-corrected chi connectivity index (χ3v) is 6.98. The molecule has 1 heterocycles. The van der Waals surface area contributed by atoms with Crippen LogP contribution in [-0.4, -0.2) is 51.5 Å². The maximum Gasteiger partial charge on any atom is 0.343 e. The van der Waals surface area contributed by atoms with E-state index in [0.29, 0.717) is 11.5 Å². The Hall–Kier alpha value is -2.62. The Balaban J connectivity index is 1.60. The number of aliphatic hydroxyl groups is 1. The van der Waals surface area contributed by atoms with Crippen LogP contribution in [0.2, 0.25) is 0 Å². The van der Waals surface area contributed by atoms with Crippen LogP contribution in [0.15, 0.2) is 47.4 Å². The van der Waals surface area contributed by atoms with Gasteiger partial charge in [0.15, 0.2) is 18.1 Å². The van der Waals surface area contributed by atoms with Gasteiger partial charge in [0.1, 0.15) is 6.10 Å². The number of hydrogen-bond donors (Lipinski definition) is 2. The van der Waals surface area contributed by atoms with Crippen LogP contribution in [-0.2, 0) is 19.6 Å². The topological polar surface area (TPSA) is 111 Å². The predicted octanol–water partition coefficient (Wildman–Crippen LogP) is 1.50. The molecule has 2 N–H and O–H groups in total. The van der Waals surface area contributed by atoms with Crippen molar-refractivity contribution in [1.82, 2.24) is 4.72 Å². The van der Waals surface area contributed by atoms with Crippen molar-refractivity contribution in [2.45, 2.75) is 42.4 Å². The molecule has 0 aromatic heterocycles. The van der Waals surface area contributed by atoms with Crippen molar-refractivity contribution in [3.05, 3.63) is 53.6 Å². The van der Waals surface area contributed by atoms with E-state index in [4.69, 9.17) is 9.47 Å². The van der Waals surface area contributed by atoms with Crippen LogP contribution >= 0.6 is 0 Å². The van der Waals surface area contributed by atoms with Gasteiger partial charge in [-0.3, -0.25) is 0 Å². The van der Waals surface area contributed by atoms with Crippen LogP contribution in [0.1, 0.15) is 23.5 Å². The van der Waals surface area contributed by atoms with Gasteiger partial charge < -0.3 is 19.3 Å². The highest BCUT2D eigenvalue weighted by Gasteiger charge is 2.51. The second-order valence-electron chi connectivity index (χ2n) is 7.48. The summed E-state index contributed by atoms with van der Waals surface area (Å²) < 4.78 is 44.5. The second-order valence-corrected chi connectivity index (χ2v) is 9.20. The molecule has 30 heavy (non-hydrogen) atoms. The average Bonchev–Trinajstić information content (AvgIpc) is 3.22. The molecule has 0 amide bonds. The van der Waals surface area contributed by atoms with E-state index in [9.17, 15) is 18.3 Å². The minimum absolute atomic E-state index is 0.137. The van der Waals surface area contributed by atoms with Crippen molar-refractivity contribution in [2.75, 3.05) is 13.7 Å². The van der Waals surface area contributed by atoms with Crippen LogP contribution in [0.3, 0.4) is 0 Å². The van der Waals surface area contributed by atoms with Crippen molar-refractivity contribution in [1.29, 1.82) is 0 Å². The Kier molecular flexibility index (Phi) is 5.44. The number of aryl methyl sites for hydroxylation is 1. The van der Waals surface area contributed by atoms with Gasteiger partial charge in [-0.2, -0.15) is 0 Å². The molecule has 4 rings (SSSR count). The van der Waals surface area contributed by atoms with Crippen LogP contribution in [0.25, 0.3) is 0 Å². The molecule has 0 saturated heterocycles. The van der Waals surface area contributed by atoms with Gasteiger partial charge in [0, 0.05) is 17.9 Å². The van der Waals surface area contributed by atoms with Crippen molar-refractivity contribution < 1.29 is 32.5 Å². The molecule has 160 valence electrons. The van der Waals surface area contributed by atoms with Gasteiger partial charge in [-0.15, -0.1) is 0 Å². The van der Waals surface area contributed by atoms with E-state index in [-0.39, 0.29) is 23.8 Å². The zero-order valence-electron chi connectivity index (χ0n) is 16.6. The third kappa shape index (κ3) is 3.76. The minimum Gasteiger partial charge on any atom is -0.485 e. The number of carbonyl (C=O) groups excluding carboxylic acids is 1. The fourth-order valence-corrected chi connectivity index (χ4v) is 5.31. The fraction of sp³-hybridized carbons (Fsp3) is 0.381. The van der Waals surface area contributed by atoms with Gasteiger partial charge in [-0.1, -0.05) is 29.8 Å². The number of ether oxygens (including phenoxy) is 3. The molecule has 0 radical (unpaired) electrons. The molecule has 4 unspecified atom stereocenters. The Morgan fingerprint density at radius 3 is 2.67 bits per heavy atom. The van der Waals surface area contributed by atoms with Crippen LogP contribution in [0.5, 0.6) is 11.5 Å². The van der Waals surface area contributed by atoms with Crippen LogP contribution in [0, 0.1) is 6.92 Å². The predicted molar refractivity (Wildman–Crippen MR) is 107 cm³/mol. The summed E-state index contributed by atoms with van der Waals surface area (Å²) in [6, 6.07) is 11.0. The SMILES string of the molecule is COC(=O)COc1cccc2c1OC1CC(O)C(NS(=O)(=O)c3ccc(C)cc3)C21. The smallest absolute Gasteiger partial charge is 0.343 e. The molecule has 1 fully saturated rings. The van der Waals surface area contributed by atoms with Crippen LogP contribution < -0.4 is 14.2 Å². The number of para-hydroxylation sites is 1. The Morgan fingerprint density at radius 2 is 1.97 bits per heavy atom. The average molecular weight is 433 g/mol. The number of sulfonamides is 1. The van der Waals surface area contributed by atoms with E-state index in [2.05, 4.69) is 9.46 Å². The van der Waals surface area contributed by atoms with Crippen molar-refractivity contribution >= 4 is 16.0 Å². The largest absolute Gasteiger partial charge is 0.485 e. The number of rotatable bonds is 6. The number of hydrogen-bond acceptors (Lipinski definition) is 7. The van der Waals surface area contributed by atoms with Crippen LogP contribution in [0.4, 0.5) is 0 Å². The van der Waals surface area contributed by atoms with Gasteiger partial charge in [0.25, 0.3) is 0 Å². The first-order valence-electron chi connectivity index (χ1n) is 9.56. The molecular weight excluding hydrogens is 410 g/mol. The molecule has 1 saturated carbocycles. The van der Waals surface area contributed by atoms with Gasteiger partial charge in [-0.05, 0) is 25.1 Å². The van der Waals surface area contributed by atoms with Crippen molar-refractivity contribution in [2.24, 2.45) is 0 Å². The molecule has 1 aliphatic carbocycles. The summed E-state index contributed by atoms with van der Waals surface area (Å²) in [6.07, 6.45) is -1.02. The zero-order valence-corrected chi connectivity index (χ0v) is 17.4. The Morgan fingerprint density at radius 1 is 1.23 bits per heavy atom. The Labute approximate surface area is 174 Å². The molecule has 1 aliphatic heterocycles. The number of carbonyl (C=O) groups is 1. The molecule has 0 bridgehead atoms. The van der Waals surface area contributed by atoms with Gasteiger partial charge in [-0.25, -0.2) is 17.9 Å². The molecule has 2 aromatic carbocycles. The first-order valence-corrected chi connectivity index (χ1v) is 11.0. The zero-order chi connectivity index (χ0) is 21.5. The number of fused-ring (bicyclic) bond motifs is 3. The van der Waals surface area contributed by atoms with Crippen molar-refractivity contribution in [3.63, 3.8) is 0 Å². The van der Waals surface area contributed by atoms with E-state index < -0.39 is 34.2 Å². The third-order valence-electron chi connectivity index (χ3n) is 5.51. The molecule has 8 nitrogen and oxygen atoms in total. The highest BCUT2D eigenvalue weighted by molar-refractivity contribution is 7.89. The summed E-state index contributed by atoms with van der Waals surface area (Å²) in [7, 11) is -2.56. The summed E-state index contributed by atoms with van der Waals surface area (Å²) in [5.41, 5.74) is 1.68. The first-order chi connectivity index (χ1) is 14.3. The standard InChI is InChI=1S/C21H23NO7S/c1-12-6-8-13(9-7-12)30(25,26)22-20-15(23)10-17-19(20)14-4-3-5-16(21(14)29-17)28-11-18(24)27-2/h3-9,15,17,19-20,22-23H,10-11H2,1-2H3. The fourth-order valence-electron chi connectivity index (χ4n) is 4.02. The van der Waals surface area contributed by atoms with Gasteiger partial charge in [0.05, 0.1) is 24.2 Å². The van der Waals surface area contributed by atoms with E-state index in [1.807, 2.05) is 13.0 Å². The number of esters is 1. The van der Waals surface area contributed by atoms with Crippen molar-refractivity contribution in [3.8, 4) is 11.5 Å². The monoisotopic (exact) mass is 433 g/mol. The Bertz CT molecular complexity index is 1050. The summed E-state index contributed by atoms with van der Waals surface area (Å²) >= 11 is 0. The second kappa shape index (κ2) is 7.90. The van der Waals surface area contributed by atoms with E-state index in [1.54, 1.807) is 24.3 Å². The summed E-state index contributed by atoms with van der Waals surface area (Å²) in [5, 5.41) is 10.6. The lowest BCUT2D eigenvalue weighted by Gasteiger charge is -2.22. The van der Waals surface area contributed by atoms with E-state index in [0.717, 1.165) is 11.1 Å². The quantitative estimate of drug-likeness (QED) is 0.664. The number of benzene rings is 2. The molecule has 0 spiro atoms. The summed E-state index contributed by atoms with van der Waals surface area (Å²) in [5.74, 6) is -0.0633. The number of nitrogens with one attached hydrogen (secondary N) is 1. The molecule has 2 aromatic rings.